The highest BCUT2D eigenvalue weighted by Crippen LogP contribution is 2.38. The molecule has 0 amide bonds. The third-order valence-corrected chi connectivity index (χ3v) is 4.85. The molecule has 1 aliphatic rings. The molecule has 150 valence electrons. The second-order valence-electron chi connectivity index (χ2n) is 6.29. The third kappa shape index (κ3) is 4.37. The number of hydrogen-bond acceptors (Lipinski definition) is 6. The van der Waals surface area contributed by atoms with Crippen molar-refractivity contribution in [2.45, 2.75) is 25.4 Å². The first-order chi connectivity index (χ1) is 13.7. The summed E-state index contributed by atoms with van der Waals surface area (Å²) in [6, 6.07) is 9.51. The number of aromatic nitrogens is 1. The largest absolute Gasteiger partial charge is 0.489 e. The van der Waals surface area contributed by atoms with E-state index in [1.165, 1.54) is 30.5 Å². The van der Waals surface area contributed by atoms with E-state index in [4.69, 9.17) is 31.6 Å². The SMILES string of the molecule is Cc1c(N2C[C@@H](COc3ccc(C#N)nc3)O[C@@H]2C(F)(F)F)ccc(C#N)c1Cl. The number of nitriles is 2. The van der Waals surface area contributed by atoms with Gasteiger partial charge in [-0.15, -0.1) is 0 Å². The zero-order valence-electron chi connectivity index (χ0n) is 15.1. The summed E-state index contributed by atoms with van der Waals surface area (Å²) in [6.45, 7) is 1.33. The maximum absolute atomic E-state index is 13.6. The predicted molar refractivity (Wildman–Crippen MR) is 97.4 cm³/mol. The number of pyridine rings is 1. The molecule has 1 aromatic carbocycles. The lowest BCUT2D eigenvalue weighted by Gasteiger charge is -2.28. The zero-order valence-corrected chi connectivity index (χ0v) is 15.8. The molecule has 1 saturated heterocycles. The standard InChI is InChI=1S/C19H14ClF3N4O2/c1-11-16(5-2-12(6-24)17(11)20)27-9-15(29-18(27)19(21,22)23)10-28-14-4-3-13(7-25)26-8-14/h2-5,8,15,18H,9-10H2,1H3/t15-,18+/m0/s1. The van der Waals surface area contributed by atoms with E-state index < -0.39 is 18.5 Å². The fourth-order valence-corrected chi connectivity index (χ4v) is 3.18. The first-order valence-electron chi connectivity index (χ1n) is 8.41. The van der Waals surface area contributed by atoms with E-state index in [2.05, 4.69) is 4.98 Å². The molecule has 1 aromatic heterocycles. The normalized spacial score (nSPS) is 18.9. The summed E-state index contributed by atoms with van der Waals surface area (Å²) in [6.07, 6.45) is -6.36. The Balaban J connectivity index is 1.79. The van der Waals surface area contributed by atoms with Gasteiger partial charge in [-0.05, 0) is 36.8 Å². The van der Waals surface area contributed by atoms with Crippen LogP contribution < -0.4 is 9.64 Å². The molecular weight excluding hydrogens is 409 g/mol. The molecule has 29 heavy (non-hydrogen) atoms. The van der Waals surface area contributed by atoms with Gasteiger partial charge >= 0.3 is 6.18 Å². The number of ether oxygens (including phenoxy) is 2. The summed E-state index contributed by atoms with van der Waals surface area (Å²) < 4.78 is 51.4. The summed E-state index contributed by atoms with van der Waals surface area (Å²) >= 11 is 6.12. The molecule has 0 aliphatic carbocycles. The Morgan fingerprint density at radius 2 is 2.03 bits per heavy atom. The topological polar surface area (TPSA) is 82.2 Å². The Morgan fingerprint density at radius 1 is 1.28 bits per heavy atom. The van der Waals surface area contributed by atoms with E-state index in [0.717, 1.165) is 4.90 Å². The molecular formula is C19H14ClF3N4O2. The number of alkyl halides is 3. The van der Waals surface area contributed by atoms with Crippen molar-refractivity contribution >= 4 is 17.3 Å². The highest BCUT2D eigenvalue weighted by Gasteiger charge is 2.51. The van der Waals surface area contributed by atoms with E-state index in [1.807, 2.05) is 12.1 Å². The Hall–Kier alpha value is -3.01. The van der Waals surface area contributed by atoms with Gasteiger partial charge in [-0.25, -0.2) is 4.98 Å². The van der Waals surface area contributed by atoms with Gasteiger partial charge < -0.3 is 14.4 Å². The fourth-order valence-electron chi connectivity index (χ4n) is 2.98. The monoisotopic (exact) mass is 422 g/mol. The van der Waals surface area contributed by atoms with Crippen molar-refractivity contribution in [3.8, 4) is 17.9 Å². The van der Waals surface area contributed by atoms with Gasteiger partial charge in [0.15, 0.2) is 0 Å². The lowest BCUT2D eigenvalue weighted by Crippen LogP contribution is -2.42. The van der Waals surface area contributed by atoms with Crippen LogP contribution >= 0.6 is 11.6 Å². The van der Waals surface area contributed by atoms with Gasteiger partial charge in [0.05, 0.1) is 23.3 Å². The van der Waals surface area contributed by atoms with Crippen molar-refractivity contribution in [2.75, 3.05) is 18.1 Å². The molecule has 3 rings (SSSR count). The van der Waals surface area contributed by atoms with Crippen molar-refractivity contribution < 1.29 is 22.6 Å². The molecule has 0 spiro atoms. The molecule has 0 bridgehead atoms. The number of hydrogen-bond donors (Lipinski definition) is 0. The first kappa shape index (κ1) is 20.7. The third-order valence-electron chi connectivity index (χ3n) is 4.36. The molecule has 1 fully saturated rings. The van der Waals surface area contributed by atoms with Crippen LogP contribution in [-0.4, -0.2) is 36.6 Å². The lowest BCUT2D eigenvalue weighted by atomic mass is 10.1. The van der Waals surface area contributed by atoms with Crippen molar-refractivity contribution in [1.82, 2.24) is 4.98 Å². The maximum atomic E-state index is 13.6. The van der Waals surface area contributed by atoms with Gasteiger partial charge in [-0.3, -0.25) is 0 Å². The maximum Gasteiger partial charge on any atom is 0.433 e. The molecule has 2 aromatic rings. The van der Waals surface area contributed by atoms with Crippen molar-refractivity contribution in [1.29, 1.82) is 10.5 Å². The predicted octanol–water partition coefficient (Wildman–Crippen LogP) is 3.96. The first-order valence-corrected chi connectivity index (χ1v) is 8.79. The average molecular weight is 423 g/mol. The van der Waals surface area contributed by atoms with Crippen LogP contribution in [-0.2, 0) is 4.74 Å². The highest BCUT2D eigenvalue weighted by atomic mass is 35.5. The van der Waals surface area contributed by atoms with Gasteiger partial charge in [-0.1, -0.05) is 11.6 Å². The van der Waals surface area contributed by atoms with Crippen molar-refractivity contribution in [3.63, 3.8) is 0 Å². The summed E-state index contributed by atoms with van der Waals surface area (Å²) in [7, 11) is 0. The number of nitrogens with zero attached hydrogens (tertiary/aromatic N) is 4. The summed E-state index contributed by atoms with van der Waals surface area (Å²) in [5.74, 6) is 0.312. The Bertz CT molecular complexity index is 983. The lowest BCUT2D eigenvalue weighted by molar-refractivity contribution is -0.215. The van der Waals surface area contributed by atoms with Crippen LogP contribution in [0.25, 0.3) is 0 Å². The Morgan fingerprint density at radius 3 is 2.62 bits per heavy atom. The second kappa shape index (κ2) is 8.16. The van der Waals surface area contributed by atoms with Crippen molar-refractivity contribution in [3.05, 3.63) is 52.3 Å². The second-order valence-corrected chi connectivity index (χ2v) is 6.67. The van der Waals surface area contributed by atoms with Crippen LogP contribution in [0.4, 0.5) is 18.9 Å². The number of rotatable bonds is 4. The minimum atomic E-state index is -4.64. The van der Waals surface area contributed by atoms with Gasteiger partial charge in [-0.2, -0.15) is 23.7 Å². The van der Waals surface area contributed by atoms with Gasteiger partial charge in [0.2, 0.25) is 6.23 Å². The van der Waals surface area contributed by atoms with E-state index >= 15 is 0 Å². The van der Waals surface area contributed by atoms with Gasteiger partial charge in [0, 0.05) is 5.69 Å². The Kier molecular flexibility index (Phi) is 5.83. The van der Waals surface area contributed by atoms with Gasteiger partial charge in [0.25, 0.3) is 0 Å². The van der Waals surface area contributed by atoms with Crippen LogP contribution in [0, 0.1) is 29.6 Å². The van der Waals surface area contributed by atoms with Crippen LogP contribution in [0.1, 0.15) is 16.8 Å². The molecule has 0 unspecified atom stereocenters. The quantitative estimate of drug-likeness (QED) is 0.741. The van der Waals surface area contributed by atoms with Crippen LogP contribution in [0.15, 0.2) is 30.5 Å². The van der Waals surface area contributed by atoms with Crippen LogP contribution in [0.2, 0.25) is 5.02 Å². The average Bonchev–Trinajstić information content (AvgIpc) is 3.13. The van der Waals surface area contributed by atoms with E-state index in [1.54, 1.807) is 6.92 Å². The summed E-state index contributed by atoms with van der Waals surface area (Å²) in [5, 5.41) is 17.9. The fraction of sp³-hybridized carbons (Fsp3) is 0.316. The molecule has 6 nitrogen and oxygen atoms in total. The molecule has 0 saturated carbocycles. The van der Waals surface area contributed by atoms with E-state index in [0.29, 0.717) is 11.3 Å². The minimum absolute atomic E-state index is 0.0864. The van der Waals surface area contributed by atoms with E-state index in [-0.39, 0.29) is 35.1 Å². The molecule has 2 heterocycles. The number of anilines is 1. The van der Waals surface area contributed by atoms with Crippen LogP contribution in [0.3, 0.4) is 0 Å². The Labute approximate surface area is 169 Å². The van der Waals surface area contributed by atoms with Crippen molar-refractivity contribution in [2.24, 2.45) is 0 Å². The minimum Gasteiger partial charge on any atom is -0.489 e. The van der Waals surface area contributed by atoms with Gasteiger partial charge in [0.1, 0.15) is 36.3 Å². The van der Waals surface area contributed by atoms with Crippen LogP contribution in [0.5, 0.6) is 5.75 Å². The summed E-state index contributed by atoms with van der Waals surface area (Å²) in [4.78, 5) is 4.90. The molecule has 1 aliphatic heterocycles. The summed E-state index contributed by atoms with van der Waals surface area (Å²) in [5.41, 5.74) is 0.982. The number of benzene rings is 1. The van der Waals surface area contributed by atoms with E-state index in [9.17, 15) is 13.2 Å². The smallest absolute Gasteiger partial charge is 0.433 e. The zero-order chi connectivity index (χ0) is 21.2. The molecule has 10 heteroatoms. The molecule has 2 atom stereocenters. The number of halogens is 4. The molecule has 0 radical (unpaired) electrons. The highest BCUT2D eigenvalue weighted by molar-refractivity contribution is 6.32. The molecule has 0 N–H and O–H groups in total.